The summed E-state index contributed by atoms with van der Waals surface area (Å²) in [5.41, 5.74) is 0. The normalized spacial score (nSPS) is 28.2. The highest BCUT2D eigenvalue weighted by atomic mass is 16.3. The molecule has 0 bridgehead atoms. The number of hydrogen-bond acceptors (Lipinski definition) is 4. The van der Waals surface area contributed by atoms with Crippen molar-refractivity contribution in [1.29, 1.82) is 0 Å². The first kappa shape index (κ1) is 14.9. The van der Waals surface area contributed by atoms with E-state index in [-0.39, 0.29) is 12.7 Å². The quantitative estimate of drug-likeness (QED) is 0.608. The maximum atomic E-state index is 9.76. The van der Waals surface area contributed by atoms with E-state index in [2.05, 4.69) is 17.1 Å². The van der Waals surface area contributed by atoms with Crippen molar-refractivity contribution in [1.82, 2.24) is 10.2 Å². The molecule has 1 aliphatic heterocycles. The first-order valence-electron chi connectivity index (χ1n) is 6.92. The Labute approximate surface area is 105 Å². The minimum absolute atomic E-state index is 0.185. The van der Waals surface area contributed by atoms with Gasteiger partial charge in [-0.1, -0.05) is 13.3 Å². The van der Waals surface area contributed by atoms with Gasteiger partial charge >= 0.3 is 0 Å². The molecule has 4 heteroatoms. The predicted molar refractivity (Wildman–Crippen MR) is 70.0 cm³/mol. The molecule has 1 aliphatic rings. The Balaban J connectivity index is 2.43. The number of nitrogens with zero attached hydrogens (tertiary/aromatic N) is 1. The molecule has 1 fully saturated rings. The van der Waals surface area contributed by atoms with Gasteiger partial charge in [0.25, 0.3) is 0 Å². The first-order valence-corrected chi connectivity index (χ1v) is 6.92. The van der Waals surface area contributed by atoms with Crippen LogP contribution in [0.5, 0.6) is 0 Å². The molecule has 1 heterocycles. The van der Waals surface area contributed by atoms with Gasteiger partial charge in [-0.3, -0.25) is 0 Å². The number of piperidine rings is 1. The zero-order chi connectivity index (χ0) is 12.7. The molecular formula is C13H28N2O2. The van der Waals surface area contributed by atoms with Crippen LogP contribution in [0.25, 0.3) is 0 Å². The summed E-state index contributed by atoms with van der Waals surface area (Å²) in [4.78, 5) is 2.44. The second kappa shape index (κ2) is 8.03. The van der Waals surface area contributed by atoms with E-state index in [1.165, 1.54) is 12.8 Å². The van der Waals surface area contributed by atoms with Gasteiger partial charge in [-0.25, -0.2) is 0 Å². The number of unbranched alkanes of at least 4 members (excludes halogenated alkanes) is 1. The molecule has 0 aromatic carbocycles. The molecule has 1 saturated heterocycles. The fourth-order valence-corrected chi connectivity index (χ4v) is 2.56. The van der Waals surface area contributed by atoms with Crippen molar-refractivity contribution in [2.75, 3.05) is 32.8 Å². The van der Waals surface area contributed by atoms with Crippen LogP contribution in [0.4, 0.5) is 0 Å². The van der Waals surface area contributed by atoms with Gasteiger partial charge < -0.3 is 20.4 Å². The van der Waals surface area contributed by atoms with Gasteiger partial charge in [-0.15, -0.1) is 0 Å². The van der Waals surface area contributed by atoms with Gasteiger partial charge in [-0.2, -0.15) is 0 Å². The second-order valence-corrected chi connectivity index (χ2v) is 5.22. The molecule has 3 N–H and O–H groups in total. The van der Waals surface area contributed by atoms with Crippen LogP contribution >= 0.6 is 0 Å². The molecule has 102 valence electrons. The van der Waals surface area contributed by atoms with Gasteiger partial charge in [0, 0.05) is 25.7 Å². The Morgan fingerprint density at radius 1 is 1.41 bits per heavy atom. The van der Waals surface area contributed by atoms with E-state index in [0.29, 0.717) is 18.5 Å². The van der Waals surface area contributed by atoms with E-state index >= 15 is 0 Å². The van der Waals surface area contributed by atoms with Crippen LogP contribution in [0.15, 0.2) is 0 Å². The molecule has 0 radical (unpaired) electrons. The molecule has 0 amide bonds. The summed E-state index contributed by atoms with van der Waals surface area (Å²) in [6.45, 7) is 8.10. The Kier molecular flexibility index (Phi) is 7.04. The van der Waals surface area contributed by atoms with Gasteiger partial charge in [-0.05, 0) is 32.2 Å². The summed E-state index contributed by atoms with van der Waals surface area (Å²) in [6.07, 6.45) is 3.21. The molecule has 0 aromatic rings. The lowest BCUT2D eigenvalue weighted by Gasteiger charge is -2.39. The number of rotatable bonds is 7. The van der Waals surface area contributed by atoms with Crippen LogP contribution in [0.1, 0.15) is 33.1 Å². The standard InChI is InChI=1S/C13H28N2O2/c1-3-4-6-15-9-12(11(2)17)8-13(10-15)14-5-7-16/h11-14,16-17H,3-10H2,1-2H3. The monoisotopic (exact) mass is 244 g/mol. The van der Waals surface area contributed by atoms with Crippen LogP contribution in [-0.4, -0.2) is 60.0 Å². The molecule has 3 atom stereocenters. The topological polar surface area (TPSA) is 55.7 Å². The molecule has 3 unspecified atom stereocenters. The highest BCUT2D eigenvalue weighted by molar-refractivity contribution is 4.85. The van der Waals surface area contributed by atoms with Crippen LogP contribution in [-0.2, 0) is 0 Å². The van der Waals surface area contributed by atoms with E-state index in [0.717, 1.165) is 26.1 Å². The van der Waals surface area contributed by atoms with Crippen LogP contribution < -0.4 is 5.32 Å². The van der Waals surface area contributed by atoms with Crippen molar-refractivity contribution < 1.29 is 10.2 Å². The molecule has 0 aliphatic carbocycles. The summed E-state index contributed by atoms with van der Waals surface area (Å²) in [7, 11) is 0. The lowest BCUT2D eigenvalue weighted by Crippen LogP contribution is -2.52. The fraction of sp³-hybridized carbons (Fsp3) is 1.00. The second-order valence-electron chi connectivity index (χ2n) is 5.22. The number of nitrogens with one attached hydrogen (secondary N) is 1. The zero-order valence-corrected chi connectivity index (χ0v) is 11.2. The van der Waals surface area contributed by atoms with Crippen molar-refractivity contribution in [3.05, 3.63) is 0 Å². The van der Waals surface area contributed by atoms with Crippen molar-refractivity contribution in [2.24, 2.45) is 5.92 Å². The number of aliphatic hydroxyl groups is 2. The van der Waals surface area contributed by atoms with Crippen LogP contribution in [0, 0.1) is 5.92 Å². The van der Waals surface area contributed by atoms with Crippen molar-refractivity contribution in [2.45, 2.75) is 45.3 Å². The smallest absolute Gasteiger partial charge is 0.0556 e. The molecule has 0 spiro atoms. The van der Waals surface area contributed by atoms with Crippen molar-refractivity contribution in [3.63, 3.8) is 0 Å². The summed E-state index contributed by atoms with van der Waals surface area (Å²) in [6, 6.07) is 0.410. The molecule has 0 aromatic heterocycles. The number of hydrogen-bond donors (Lipinski definition) is 3. The average molecular weight is 244 g/mol. The van der Waals surface area contributed by atoms with Crippen LogP contribution in [0.2, 0.25) is 0 Å². The van der Waals surface area contributed by atoms with E-state index < -0.39 is 0 Å². The van der Waals surface area contributed by atoms with Gasteiger partial charge in [0.05, 0.1) is 12.7 Å². The predicted octanol–water partition coefficient (Wildman–Crippen LogP) is 0.440. The first-order chi connectivity index (χ1) is 8.17. The van der Waals surface area contributed by atoms with Gasteiger partial charge in [0.15, 0.2) is 0 Å². The third kappa shape index (κ3) is 5.34. The molecule has 4 nitrogen and oxygen atoms in total. The lowest BCUT2D eigenvalue weighted by molar-refractivity contribution is 0.0468. The largest absolute Gasteiger partial charge is 0.395 e. The Morgan fingerprint density at radius 3 is 2.76 bits per heavy atom. The summed E-state index contributed by atoms with van der Waals surface area (Å²) in [5, 5.41) is 22.0. The summed E-state index contributed by atoms with van der Waals surface area (Å²) in [5.74, 6) is 0.358. The van der Waals surface area contributed by atoms with Crippen LogP contribution in [0.3, 0.4) is 0 Å². The molecule has 17 heavy (non-hydrogen) atoms. The Morgan fingerprint density at radius 2 is 2.18 bits per heavy atom. The third-order valence-electron chi connectivity index (χ3n) is 3.61. The van der Waals surface area contributed by atoms with Crippen molar-refractivity contribution >= 4 is 0 Å². The molecular weight excluding hydrogens is 216 g/mol. The van der Waals surface area contributed by atoms with E-state index in [1.54, 1.807) is 0 Å². The van der Waals surface area contributed by atoms with Gasteiger partial charge in [0.2, 0.25) is 0 Å². The van der Waals surface area contributed by atoms with E-state index in [9.17, 15) is 5.11 Å². The highest BCUT2D eigenvalue weighted by Crippen LogP contribution is 2.20. The molecule has 0 saturated carbocycles. The Hall–Kier alpha value is -0.160. The number of aliphatic hydroxyl groups excluding tert-OH is 2. The number of likely N-dealkylation sites (tertiary alicyclic amines) is 1. The highest BCUT2D eigenvalue weighted by Gasteiger charge is 2.28. The van der Waals surface area contributed by atoms with E-state index in [4.69, 9.17) is 5.11 Å². The Bertz CT molecular complexity index is 184. The average Bonchev–Trinajstić information content (AvgIpc) is 2.33. The summed E-state index contributed by atoms with van der Waals surface area (Å²) >= 11 is 0. The van der Waals surface area contributed by atoms with Crippen molar-refractivity contribution in [3.8, 4) is 0 Å². The van der Waals surface area contributed by atoms with E-state index in [1.807, 2.05) is 6.92 Å². The minimum atomic E-state index is -0.238. The molecule has 1 rings (SSSR count). The lowest BCUT2D eigenvalue weighted by atomic mass is 9.90. The zero-order valence-electron chi connectivity index (χ0n) is 11.2. The maximum Gasteiger partial charge on any atom is 0.0556 e. The SMILES string of the molecule is CCCCN1CC(NCCO)CC(C(C)O)C1. The van der Waals surface area contributed by atoms with Gasteiger partial charge in [0.1, 0.15) is 0 Å². The minimum Gasteiger partial charge on any atom is -0.395 e. The maximum absolute atomic E-state index is 9.76. The third-order valence-corrected chi connectivity index (χ3v) is 3.61. The fourth-order valence-electron chi connectivity index (χ4n) is 2.56. The summed E-state index contributed by atoms with van der Waals surface area (Å²) < 4.78 is 0.